The van der Waals surface area contributed by atoms with E-state index in [1.807, 2.05) is 37.0 Å². The van der Waals surface area contributed by atoms with Gasteiger partial charge in [-0.25, -0.2) is 0 Å². The molecule has 2 aliphatic carbocycles. The smallest absolute Gasteiger partial charge is 0.274 e. The molecule has 0 spiro atoms. The average molecular weight is 464 g/mol. The van der Waals surface area contributed by atoms with E-state index in [1.54, 1.807) is 4.90 Å². The Bertz CT molecular complexity index is 972. The van der Waals surface area contributed by atoms with Gasteiger partial charge < -0.3 is 10.2 Å². The van der Waals surface area contributed by atoms with Gasteiger partial charge in [-0.3, -0.25) is 14.4 Å². The van der Waals surface area contributed by atoms with E-state index in [9.17, 15) is 4.79 Å². The molecule has 6 nitrogen and oxygen atoms in total. The standard InChI is InChI=1S/C28H41N5O/c1-31(20-22-11-5-3-6-12-22)27(34)26-24-19-23(13-14-25(24)32(2)30-26)29-21-28(15-7-8-16-28)33-17-9-4-10-18-33/h3,5-6,11-12,23,29H,4,7-10,13-21H2,1-2H3. The van der Waals surface area contributed by atoms with Crippen LogP contribution in [-0.2, 0) is 26.4 Å². The highest BCUT2D eigenvalue weighted by Crippen LogP contribution is 2.37. The highest BCUT2D eigenvalue weighted by molar-refractivity contribution is 5.94. The number of rotatable bonds is 7. The third-order valence-electron chi connectivity index (χ3n) is 8.55. The molecule has 1 aliphatic heterocycles. The summed E-state index contributed by atoms with van der Waals surface area (Å²) in [5.41, 5.74) is 4.54. The van der Waals surface area contributed by atoms with Crippen LogP contribution in [0.25, 0.3) is 0 Å². The maximum Gasteiger partial charge on any atom is 0.274 e. The molecular weight excluding hydrogens is 422 g/mol. The van der Waals surface area contributed by atoms with Crippen molar-refractivity contribution >= 4 is 5.91 Å². The normalized spacial score (nSPS) is 22.5. The number of benzene rings is 1. The summed E-state index contributed by atoms with van der Waals surface area (Å²) < 4.78 is 1.95. The van der Waals surface area contributed by atoms with Crippen molar-refractivity contribution in [1.29, 1.82) is 0 Å². The summed E-state index contributed by atoms with van der Waals surface area (Å²) in [6.45, 7) is 4.23. The van der Waals surface area contributed by atoms with Crippen molar-refractivity contribution in [1.82, 2.24) is 24.9 Å². The Kier molecular flexibility index (Phi) is 7.07. The topological polar surface area (TPSA) is 53.4 Å². The highest BCUT2D eigenvalue weighted by atomic mass is 16.2. The lowest BCUT2D eigenvalue weighted by Crippen LogP contribution is -2.56. The Balaban J connectivity index is 1.26. The third-order valence-corrected chi connectivity index (χ3v) is 8.55. The fraction of sp³-hybridized carbons (Fsp3) is 0.643. The van der Waals surface area contributed by atoms with Gasteiger partial charge >= 0.3 is 0 Å². The van der Waals surface area contributed by atoms with E-state index in [0.717, 1.165) is 36.9 Å². The maximum absolute atomic E-state index is 13.4. The monoisotopic (exact) mass is 463 g/mol. The van der Waals surface area contributed by atoms with Gasteiger partial charge in [-0.1, -0.05) is 49.6 Å². The number of piperidine rings is 1. The van der Waals surface area contributed by atoms with E-state index in [1.165, 1.54) is 63.7 Å². The molecule has 1 saturated carbocycles. The first-order valence-electron chi connectivity index (χ1n) is 13.4. The number of aryl methyl sites for hydroxylation is 1. The fourth-order valence-corrected chi connectivity index (χ4v) is 6.59. The summed E-state index contributed by atoms with van der Waals surface area (Å²) >= 11 is 0. The van der Waals surface area contributed by atoms with Crippen LogP contribution >= 0.6 is 0 Å². The lowest BCUT2D eigenvalue weighted by atomic mass is 9.88. The average Bonchev–Trinajstić information content (AvgIpc) is 3.49. The number of carbonyl (C=O) groups is 1. The van der Waals surface area contributed by atoms with Crippen molar-refractivity contribution in [2.45, 2.75) is 82.3 Å². The zero-order valence-corrected chi connectivity index (χ0v) is 21.1. The van der Waals surface area contributed by atoms with Gasteiger partial charge in [-0.2, -0.15) is 5.10 Å². The summed E-state index contributed by atoms with van der Waals surface area (Å²) in [7, 11) is 3.88. The molecule has 6 heteroatoms. The van der Waals surface area contributed by atoms with Crippen molar-refractivity contribution in [3.63, 3.8) is 0 Å². The number of aromatic nitrogens is 2. The second kappa shape index (κ2) is 10.2. The van der Waals surface area contributed by atoms with Gasteiger partial charge in [0.2, 0.25) is 0 Å². The number of likely N-dealkylation sites (tertiary alicyclic amines) is 1. The van der Waals surface area contributed by atoms with Crippen LogP contribution < -0.4 is 5.32 Å². The van der Waals surface area contributed by atoms with Crippen LogP contribution in [0.3, 0.4) is 0 Å². The van der Waals surface area contributed by atoms with Crippen molar-refractivity contribution in [2.24, 2.45) is 7.05 Å². The minimum absolute atomic E-state index is 0.0296. The highest BCUT2D eigenvalue weighted by Gasteiger charge is 2.40. The van der Waals surface area contributed by atoms with Gasteiger partial charge in [0.15, 0.2) is 5.69 Å². The molecule has 2 fully saturated rings. The summed E-state index contributed by atoms with van der Waals surface area (Å²) in [5, 5.41) is 8.69. The summed E-state index contributed by atoms with van der Waals surface area (Å²) in [5.74, 6) is 0.0296. The van der Waals surface area contributed by atoms with E-state index in [-0.39, 0.29) is 5.91 Å². The summed E-state index contributed by atoms with van der Waals surface area (Å²) in [6, 6.07) is 10.6. The first-order chi connectivity index (χ1) is 16.6. The SMILES string of the molecule is CN(Cc1ccccc1)C(=O)c1nn(C)c2c1CC(NCC1(N3CCCCC3)CCCC1)CC2. The summed E-state index contributed by atoms with van der Waals surface area (Å²) in [6.07, 6.45) is 12.5. The van der Waals surface area contributed by atoms with Crippen LogP contribution in [0, 0.1) is 0 Å². The number of amides is 1. The Labute approximate surface area is 204 Å². The molecule has 0 bridgehead atoms. The van der Waals surface area contributed by atoms with Gasteiger partial charge in [0.05, 0.1) is 0 Å². The molecule has 5 rings (SSSR count). The number of hydrogen-bond acceptors (Lipinski definition) is 4. The minimum Gasteiger partial charge on any atom is -0.336 e. The minimum atomic E-state index is 0.0296. The molecule has 1 aromatic heterocycles. The Morgan fingerprint density at radius 3 is 2.59 bits per heavy atom. The molecule has 0 radical (unpaired) electrons. The van der Waals surface area contributed by atoms with E-state index >= 15 is 0 Å². The van der Waals surface area contributed by atoms with Gasteiger partial charge in [0.1, 0.15) is 0 Å². The van der Waals surface area contributed by atoms with Crippen molar-refractivity contribution in [2.75, 3.05) is 26.7 Å². The molecule has 1 saturated heterocycles. The fourth-order valence-electron chi connectivity index (χ4n) is 6.59. The summed E-state index contributed by atoms with van der Waals surface area (Å²) in [4.78, 5) is 18.0. The number of hydrogen-bond donors (Lipinski definition) is 1. The largest absolute Gasteiger partial charge is 0.336 e. The van der Waals surface area contributed by atoms with Crippen LogP contribution in [0.4, 0.5) is 0 Å². The number of nitrogens with one attached hydrogen (secondary N) is 1. The Hall–Kier alpha value is -2.18. The van der Waals surface area contributed by atoms with E-state index in [0.29, 0.717) is 23.8 Å². The van der Waals surface area contributed by atoms with E-state index in [4.69, 9.17) is 5.10 Å². The molecule has 1 aromatic carbocycles. The Morgan fingerprint density at radius 1 is 1.12 bits per heavy atom. The number of carbonyl (C=O) groups excluding carboxylic acids is 1. The zero-order valence-electron chi connectivity index (χ0n) is 21.1. The molecule has 1 amide bonds. The van der Waals surface area contributed by atoms with Crippen LogP contribution in [0.15, 0.2) is 30.3 Å². The first-order valence-corrected chi connectivity index (χ1v) is 13.4. The van der Waals surface area contributed by atoms with Crippen LogP contribution in [0.1, 0.15) is 78.7 Å². The Morgan fingerprint density at radius 2 is 1.85 bits per heavy atom. The number of fused-ring (bicyclic) bond motifs is 1. The maximum atomic E-state index is 13.4. The quantitative estimate of drug-likeness (QED) is 0.676. The third kappa shape index (κ3) is 4.80. The molecular formula is C28H41N5O. The van der Waals surface area contributed by atoms with Gasteiger partial charge in [-0.15, -0.1) is 0 Å². The predicted molar refractivity (Wildman–Crippen MR) is 136 cm³/mol. The lowest BCUT2D eigenvalue weighted by molar-refractivity contribution is 0.0667. The zero-order chi connectivity index (χ0) is 23.5. The van der Waals surface area contributed by atoms with Gasteiger partial charge in [-0.05, 0) is 63.6 Å². The molecule has 1 N–H and O–H groups in total. The lowest BCUT2D eigenvalue weighted by Gasteiger charge is -2.44. The van der Waals surface area contributed by atoms with Crippen molar-refractivity contribution < 1.29 is 4.79 Å². The first kappa shape index (κ1) is 23.6. The van der Waals surface area contributed by atoms with Crippen LogP contribution in [-0.4, -0.2) is 63.8 Å². The van der Waals surface area contributed by atoms with E-state index < -0.39 is 0 Å². The van der Waals surface area contributed by atoms with Gasteiger partial charge in [0, 0.05) is 50.0 Å². The van der Waals surface area contributed by atoms with Gasteiger partial charge in [0.25, 0.3) is 5.91 Å². The molecule has 184 valence electrons. The molecule has 34 heavy (non-hydrogen) atoms. The number of nitrogens with zero attached hydrogens (tertiary/aromatic N) is 4. The molecule has 3 aliphatic rings. The second-order valence-corrected chi connectivity index (χ2v) is 10.8. The van der Waals surface area contributed by atoms with Crippen LogP contribution in [0.5, 0.6) is 0 Å². The molecule has 2 heterocycles. The second-order valence-electron chi connectivity index (χ2n) is 10.8. The van der Waals surface area contributed by atoms with Crippen molar-refractivity contribution in [3.05, 3.63) is 52.8 Å². The molecule has 1 unspecified atom stereocenters. The van der Waals surface area contributed by atoms with E-state index in [2.05, 4.69) is 22.3 Å². The predicted octanol–water partition coefficient (Wildman–Crippen LogP) is 3.94. The molecule has 2 aromatic rings. The van der Waals surface area contributed by atoms with Crippen molar-refractivity contribution in [3.8, 4) is 0 Å². The van der Waals surface area contributed by atoms with Crippen LogP contribution in [0.2, 0.25) is 0 Å². The molecule has 1 atom stereocenters.